The van der Waals surface area contributed by atoms with Crippen molar-refractivity contribution in [2.75, 3.05) is 18.1 Å². The number of benzene rings is 2. The van der Waals surface area contributed by atoms with Gasteiger partial charge in [0, 0.05) is 11.9 Å². The first-order valence-electron chi connectivity index (χ1n) is 9.57. The Morgan fingerprint density at radius 1 is 1.03 bits per heavy atom. The molecule has 0 aromatic heterocycles. The van der Waals surface area contributed by atoms with Gasteiger partial charge in [0.2, 0.25) is 5.91 Å². The van der Waals surface area contributed by atoms with Gasteiger partial charge in [-0.15, -0.1) is 0 Å². The van der Waals surface area contributed by atoms with Crippen LogP contribution in [0.4, 0.5) is 5.69 Å². The minimum absolute atomic E-state index is 0.133. The molecule has 2 rings (SSSR count). The van der Waals surface area contributed by atoms with E-state index in [2.05, 4.69) is 10.6 Å². The van der Waals surface area contributed by atoms with Crippen LogP contribution in [0.3, 0.4) is 0 Å². The van der Waals surface area contributed by atoms with E-state index < -0.39 is 33.7 Å². The fraction of sp³-hybridized carbons (Fsp3) is 0.318. The van der Waals surface area contributed by atoms with Crippen molar-refractivity contribution in [3.8, 4) is 0 Å². The normalized spacial score (nSPS) is 12.0. The maximum atomic E-state index is 12.3. The Balaban J connectivity index is 1.90. The first kappa shape index (κ1) is 24.1. The summed E-state index contributed by atoms with van der Waals surface area (Å²) in [5.74, 6) is -2.01. The van der Waals surface area contributed by atoms with Gasteiger partial charge in [0.1, 0.15) is 0 Å². The highest BCUT2D eigenvalue weighted by Gasteiger charge is 2.20. The number of amides is 2. The Kier molecular flexibility index (Phi) is 7.93. The van der Waals surface area contributed by atoms with E-state index >= 15 is 0 Å². The molecule has 9 heteroatoms. The predicted molar refractivity (Wildman–Crippen MR) is 117 cm³/mol. The quantitative estimate of drug-likeness (QED) is 0.600. The zero-order valence-electron chi connectivity index (χ0n) is 17.9. The van der Waals surface area contributed by atoms with Crippen LogP contribution < -0.4 is 10.6 Å². The van der Waals surface area contributed by atoms with Crippen molar-refractivity contribution < 1.29 is 27.5 Å². The molecule has 2 amide bonds. The highest BCUT2D eigenvalue weighted by Crippen LogP contribution is 2.19. The van der Waals surface area contributed by atoms with Crippen LogP contribution in [0, 0.1) is 13.8 Å². The van der Waals surface area contributed by atoms with Crippen molar-refractivity contribution >= 4 is 33.3 Å². The van der Waals surface area contributed by atoms with Gasteiger partial charge in [-0.3, -0.25) is 9.59 Å². The second-order valence-electron chi connectivity index (χ2n) is 7.35. The van der Waals surface area contributed by atoms with Gasteiger partial charge >= 0.3 is 5.97 Å². The van der Waals surface area contributed by atoms with E-state index in [0.29, 0.717) is 11.3 Å². The standard InChI is InChI=1S/C22H26N2O6S/c1-14-7-5-8-15(2)20(14)24-19(25)12-23-21(26)16(3)30-22(27)18-10-6-9-17(11-18)13-31(4,28)29/h5-11,16H,12-13H2,1-4H3,(H,23,26)(H,24,25). The summed E-state index contributed by atoms with van der Waals surface area (Å²) < 4.78 is 28.0. The summed E-state index contributed by atoms with van der Waals surface area (Å²) in [6.07, 6.45) is -0.0416. The van der Waals surface area contributed by atoms with Crippen molar-refractivity contribution in [1.82, 2.24) is 5.32 Å². The van der Waals surface area contributed by atoms with E-state index in [1.165, 1.54) is 19.1 Å². The van der Waals surface area contributed by atoms with E-state index in [1.54, 1.807) is 12.1 Å². The summed E-state index contributed by atoms with van der Waals surface area (Å²) in [5.41, 5.74) is 3.07. The average molecular weight is 447 g/mol. The van der Waals surface area contributed by atoms with Crippen molar-refractivity contribution in [2.24, 2.45) is 0 Å². The van der Waals surface area contributed by atoms with E-state index in [-0.39, 0.29) is 17.9 Å². The summed E-state index contributed by atoms with van der Waals surface area (Å²) in [4.78, 5) is 36.7. The minimum atomic E-state index is -3.25. The lowest BCUT2D eigenvalue weighted by Crippen LogP contribution is -2.40. The molecule has 0 aliphatic carbocycles. The number of carbonyl (C=O) groups is 3. The molecule has 0 heterocycles. The molecule has 1 unspecified atom stereocenters. The number of carbonyl (C=O) groups excluding carboxylic acids is 3. The van der Waals surface area contributed by atoms with Crippen LogP contribution in [0.5, 0.6) is 0 Å². The number of anilines is 1. The number of hydrogen-bond donors (Lipinski definition) is 2. The molecule has 0 bridgehead atoms. The molecule has 2 aromatic carbocycles. The molecule has 0 aliphatic heterocycles. The SMILES string of the molecule is Cc1cccc(C)c1NC(=O)CNC(=O)C(C)OC(=O)c1cccc(CS(C)(=O)=O)c1. The smallest absolute Gasteiger partial charge is 0.338 e. The summed E-state index contributed by atoms with van der Waals surface area (Å²) in [6, 6.07) is 11.6. The summed E-state index contributed by atoms with van der Waals surface area (Å²) in [7, 11) is -3.25. The van der Waals surface area contributed by atoms with Gasteiger partial charge in [0.15, 0.2) is 15.9 Å². The lowest BCUT2D eigenvalue weighted by molar-refractivity contribution is -0.130. The van der Waals surface area contributed by atoms with Gasteiger partial charge in [-0.2, -0.15) is 0 Å². The topological polar surface area (TPSA) is 119 Å². The first-order chi connectivity index (χ1) is 14.5. The zero-order valence-corrected chi connectivity index (χ0v) is 18.7. The molecule has 2 N–H and O–H groups in total. The van der Waals surface area contributed by atoms with Crippen molar-refractivity contribution in [3.63, 3.8) is 0 Å². The Labute approximate surface area is 181 Å². The van der Waals surface area contributed by atoms with Gasteiger partial charge < -0.3 is 15.4 Å². The summed E-state index contributed by atoms with van der Waals surface area (Å²) in [6.45, 7) is 4.84. The van der Waals surface area contributed by atoms with Crippen molar-refractivity contribution in [3.05, 3.63) is 64.7 Å². The zero-order chi connectivity index (χ0) is 23.2. The molecule has 0 saturated heterocycles. The number of aryl methyl sites for hydroxylation is 2. The monoisotopic (exact) mass is 446 g/mol. The fourth-order valence-electron chi connectivity index (χ4n) is 2.88. The molecule has 2 aromatic rings. The number of hydrogen-bond acceptors (Lipinski definition) is 6. The Morgan fingerprint density at radius 2 is 1.65 bits per heavy atom. The maximum absolute atomic E-state index is 12.3. The summed E-state index contributed by atoms with van der Waals surface area (Å²) in [5, 5.41) is 5.19. The van der Waals surface area contributed by atoms with Gasteiger partial charge in [0.05, 0.1) is 17.9 Å². The van der Waals surface area contributed by atoms with Crippen LogP contribution >= 0.6 is 0 Å². The van der Waals surface area contributed by atoms with Crippen LogP contribution in [-0.2, 0) is 29.9 Å². The molecule has 0 spiro atoms. The molecule has 1 atom stereocenters. The number of para-hydroxylation sites is 1. The molecule has 0 fully saturated rings. The fourth-order valence-corrected chi connectivity index (χ4v) is 3.66. The molecule has 31 heavy (non-hydrogen) atoms. The Hall–Kier alpha value is -3.20. The van der Waals surface area contributed by atoms with Crippen LogP contribution in [0.1, 0.15) is 34.0 Å². The molecule has 0 radical (unpaired) electrons. The minimum Gasteiger partial charge on any atom is -0.449 e. The number of nitrogens with one attached hydrogen (secondary N) is 2. The van der Waals surface area contributed by atoms with Crippen molar-refractivity contribution in [2.45, 2.75) is 32.6 Å². The largest absolute Gasteiger partial charge is 0.449 e. The van der Waals surface area contributed by atoms with Crippen LogP contribution in [0.25, 0.3) is 0 Å². The van der Waals surface area contributed by atoms with Gasteiger partial charge in [-0.25, -0.2) is 13.2 Å². The molecule has 0 saturated carbocycles. The number of ether oxygens (including phenoxy) is 1. The van der Waals surface area contributed by atoms with E-state index in [0.717, 1.165) is 17.4 Å². The average Bonchev–Trinajstić information content (AvgIpc) is 2.67. The van der Waals surface area contributed by atoms with Crippen LogP contribution in [0.15, 0.2) is 42.5 Å². The molecule has 8 nitrogen and oxygen atoms in total. The van der Waals surface area contributed by atoms with Gasteiger partial charge in [0.25, 0.3) is 5.91 Å². The van der Waals surface area contributed by atoms with E-state index in [9.17, 15) is 22.8 Å². The van der Waals surface area contributed by atoms with Crippen LogP contribution in [-0.4, -0.2) is 45.1 Å². The maximum Gasteiger partial charge on any atom is 0.338 e. The molecular weight excluding hydrogens is 420 g/mol. The molecule has 166 valence electrons. The van der Waals surface area contributed by atoms with E-state index in [1.807, 2.05) is 32.0 Å². The van der Waals surface area contributed by atoms with Crippen molar-refractivity contribution in [1.29, 1.82) is 0 Å². The molecule has 0 aliphatic rings. The Morgan fingerprint density at radius 3 is 2.26 bits per heavy atom. The summed E-state index contributed by atoms with van der Waals surface area (Å²) >= 11 is 0. The predicted octanol–water partition coefficient (Wildman–Crippen LogP) is 2.15. The lowest BCUT2D eigenvalue weighted by atomic mass is 10.1. The van der Waals surface area contributed by atoms with Crippen LogP contribution in [0.2, 0.25) is 0 Å². The third-order valence-corrected chi connectivity index (χ3v) is 5.27. The highest BCUT2D eigenvalue weighted by atomic mass is 32.2. The first-order valence-corrected chi connectivity index (χ1v) is 11.6. The number of esters is 1. The molecular formula is C22H26N2O6S. The second kappa shape index (κ2) is 10.2. The van der Waals surface area contributed by atoms with Gasteiger partial charge in [-0.1, -0.05) is 30.3 Å². The number of rotatable bonds is 8. The number of sulfone groups is 1. The Bertz CT molecular complexity index is 1070. The third kappa shape index (κ3) is 7.53. The lowest BCUT2D eigenvalue weighted by Gasteiger charge is -2.15. The van der Waals surface area contributed by atoms with Gasteiger partial charge in [-0.05, 0) is 49.6 Å². The highest BCUT2D eigenvalue weighted by molar-refractivity contribution is 7.89. The second-order valence-corrected chi connectivity index (χ2v) is 9.49. The third-order valence-electron chi connectivity index (χ3n) is 4.41. The van der Waals surface area contributed by atoms with E-state index in [4.69, 9.17) is 4.74 Å².